The van der Waals surface area contributed by atoms with Gasteiger partial charge in [0.15, 0.2) is 6.10 Å². The molecule has 0 spiro atoms. The van der Waals surface area contributed by atoms with Gasteiger partial charge in [0.25, 0.3) is 0 Å². The summed E-state index contributed by atoms with van der Waals surface area (Å²) in [5.74, 6) is -1.01. The van der Waals surface area contributed by atoms with Crippen molar-refractivity contribution in [2.75, 3.05) is 13.2 Å². The van der Waals surface area contributed by atoms with Crippen LogP contribution in [0.2, 0.25) is 0 Å². The van der Waals surface area contributed by atoms with E-state index in [-0.39, 0.29) is 31.1 Å². The monoisotopic (exact) mass is 867 g/mol. The first kappa shape index (κ1) is 58.3. The van der Waals surface area contributed by atoms with E-state index in [4.69, 9.17) is 14.2 Å². The normalized spacial score (nSPS) is 13.4. The Balaban J connectivity index is 4.57. The number of unbranched alkanes of at least 4 members (excludes halogenated alkanes) is 15. The van der Waals surface area contributed by atoms with Crippen LogP contribution in [0.15, 0.2) is 146 Å². The van der Waals surface area contributed by atoms with Gasteiger partial charge in [-0.05, 0) is 77.0 Å². The smallest absolute Gasteiger partial charge is 0.306 e. The lowest BCUT2D eigenvalue weighted by Gasteiger charge is -2.18. The highest BCUT2D eigenvalue weighted by Gasteiger charge is 2.19. The van der Waals surface area contributed by atoms with Gasteiger partial charge in [-0.3, -0.25) is 14.4 Å². The number of hydrogen-bond acceptors (Lipinski definition) is 6. The SMILES string of the molecule is CC/C=C/C=C/C=C/C=C/C=C/C=C/CCCCCC(=O)OCC(COC(=O)CCCCCCC/C=C/C=C/C=C/CC)OC(=O)CCCCCCCCC/C=C/C=C/C=C/CC. The largest absolute Gasteiger partial charge is 0.462 e. The number of allylic oxidation sites excluding steroid dienone is 24. The van der Waals surface area contributed by atoms with E-state index in [0.717, 1.165) is 116 Å². The zero-order valence-electron chi connectivity index (χ0n) is 39.8. The van der Waals surface area contributed by atoms with Crippen LogP contribution in [0.3, 0.4) is 0 Å². The van der Waals surface area contributed by atoms with Crippen LogP contribution in [-0.4, -0.2) is 37.2 Å². The highest BCUT2D eigenvalue weighted by atomic mass is 16.6. The number of rotatable bonds is 41. The van der Waals surface area contributed by atoms with Crippen molar-refractivity contribution in [3.63, 3.8) is 0 Å². The van der Waals surface area contributed by atoms with Gasteiger partial charge in [-0.25, -0.2) is 0 Å². The second kappa shape index (κ2) is 49.9. The van der Waals surface area contributed by atoms with Crippen molar-refractivity contribution in [1.82, 2.24) is 0 Å². The number of carbonyl (C=O) groups is 3. The van der Waals surface area contributed by atoms with Crippen molar-refractivity contribution in [2.45, 2.75) is 181 Å². The molecule has 0 aliphatic heterocycles. The van der Waals surface area contributed by atoms with Crippen LogP contribution in [0.25, 0.3) is 0 Å². The minimum absolute atomic E-state index is 0.115. The summed E-state index contributed by atoms with van der Waals surface area (Å²) in [6, 6.07) is 0. The van der Waals surface area contributed by atoms with Crippen molar-refractivity contribution in [1.29, 1.82) is 0 Å². The van der Waals surface area contributed by atoms with Crippen LogP contribution in [0.5, 0.6) is 0 Å². The summed E-state index contributed by atoms with van der Waals surface area (Å²) in [7, 11) is 0. The predicted octanol–water partition coefficient (Wildman–Crippen LogP) is 16.1. The van der Waals surface area contributed by atoms with Crippen molar-refractivity contribution in [3.8, 4) is 0 Å². The number of hydrogen-bond donors (Lipinski definition) is 0. The molecule has 0 aromatic carbocycles. The van der Waals surface area contributed by atoms with E-state index in [1.807, 2.05) is 66.8 Å². The molecule has 0 aliphatic carbocycles. The molecule has 6 heteroatoms. The molecule has 0 fully saturated rings. The quantitative estimate of drug-likeness (QED) is 0.0264. The molecule has 0 amide bonds. The van der Waals surface area contributed by atoms with Crippen LogP contribution >= 0.6 is 0 Å². The molecule has 6 nitrogen and oxygen atoms in total. The molecule has 0 bridgehead atoms. The summed E-state index contributed by atoms with van der Waals surface area (Å²) in [6.45, 7) is 6.13. The molecular weight excluding hydrogens is 781 g/mol. The molecule has 0 saturated heterocycles. The molecule has 0 aliphatic rings. The molecule has 0 N–H and O–H groups in total. The summed E-state index contributed by atoms with van der Waals surface area (Å²) in [5, 5.41) is 0. The maximum atomic E-state index is 12.8. The average molecular weight is 867 g/mol. The summed E-state index contributed by atoms with van der Waals surface area (Å²) >= 11 is 0. The molecule has 0 heterocycles. The lowest BCUT2D eigenvalue weighted by molar-refractivity contribution is -0.167. The highest BCUT2D eigenvalue weighted by molar-refractivity contribution is 5.71. The van der Waals surface area contributed by atoms with E-state index in [1.165, 1.54) is 19.3 Å². The van der Waals surface area contributed by atoms with E-state index >= 15 is 0 Å². The Hall–Kier alpha value is -4.71. The number of esters is 3. The Labute approximate surface area is 385 Å². The van der Waals surface area contributed by atoms with Gasteiger partial charge in [0.1, 0.15) is 13.2 Å². The minimum Gasteiger partial charge on any atom is -0.462 e. The van der Waals surface area contributed by atoms with Gasteiger partial charge in [-0.1, -0.05) is 224 Å². The Kier molecular flexibility index (Phi) is 46.2. The molecule has 1 atom stereocenters. The lowest BCUT2D eigenvalue weighted by Crippen LogP contribution is -2.30. The number of carbonyl (C=O) groups excluding carboxylic acids is 3. The second-order valence-corrected chi connectivity index (χ2v) is 15.5. The molecule has 350 valence electrons. The third kappa shape index (κ3) is 48.2. The van der Waals surface area contributed by atoms with Gasteiger partial charge in [0, 0.05) is 19.3 Å². The second-order valence-electron chi connectivity index (χ2n) is 15.5. The van der Waals surface area contributed by atoms with Gasteiger partial charge in [-0.15, -0.1) is 0 Å². The minimum atomic E-state index is -0.817. The fourth-order valence-corrected chi connectivity index (χ4v) is 6.00. The molecule has 1 unspecified atom stereocenters. The van der Waals surface area contributed by atoms with Crippen molar-refractivity contribution in [3.05, 3.63) is 146 Å². The van der Waals surface area contributed by atoms with E-state index in [0.29, 0.717) is 19.3 Å². The van der Waals surface area contributed by atoms with Gasteiger partial charge < -0.3 is 14.2 Å². The van der Waals surface area contributed by atoms with Crippen molar-refractivity contribution < 1.29 is 28.6 Å². The number of ether oxygens (including phenoxy) is 3. The zero-order chi connectivity index (χ0) is 45.8. The van der Waals surface area contributed by atoms with E-state index in [2.05, 4.69) is 99.8 Å². The van der Waals surface area contributed by atoms with Gasteiger partial charge in [0.2, 0.25) is 0 Å². The Bertz CT molecular complexity index is 1460. The van der Waals surface area contributed by atoms with Crippen LogP contribution in [0, 0.1) is 0 Å². The molecule has 0 saturated carbocycles. The molecule has 0 aromatic rings. The first-order valence-electron chi connectivity index (χ1n) is 24.5. The summed E-state index contributed by atoms with van der Waals surface area (Å²) < 4.78 is 16.7. The standard InChI is InChI=1S/C57H86O6/c1-4-7-10-13-16-19-22-25-27-28-30-32-35-38-41-44-47-50-56(59)62-53-54(52-61-55(58)49-46-43-40-37-34-31-24-21-18-15-12-9-6-3)63-57(60)51-48-45-42-39-36-33-29-26-23-20-17-14-11-8-5-2/h7-25,27-28,30,32,35,54H,4-6,26,29,31,33-34,36-53H2,1-3H3/b10-7+,11-8+,12-9+,16-13+,17-14+,18-15+,22-19+,23-20+,24-21+,27-25+,30-28+,35-32+. The van der Waals surface area contributed by atoms with E-state index < -0.39 is 6.10 Å². The molecule has 0 aromatic heterocycles. The molecule has 0 rings (SSSR count). The summed E-state index contributed by atoms with van der Waals surface area (Å²) in [6.07, 6.45) is 71.1. The van der Waals surface area contributed by atoms with E-state index in [9.17, 15) is 14.4 Å². The summed E-state index contributed by atoms with van der Waals surface area (Å²) in [4.78, 5) is 37.9. The fraction of sp³-hybridized carbons (Fsp3) is 0.526. The first-order chi connectivity index (χ1) is 31.0. The van der Waals surface area contributed by atoms with Gasteiger partial charge in [-0.2, -0.15) is 0 Å². The third-order valence-corrected chi connectivity index (χ3v) is 9.60. The zero-order valence-corrected chi connectivity index (χ0v) is 39.8. The molecule has 0 radical (unpaired) electrons. The summed E-state index contributed by atoms with van der Waals surface area (Å²) in [5.41, 5.74) is 0. The predicted molar refractivity (Wildman–Crippen MR) is 269 cm³/mol. The Morgan fingerprint density at radius 3 is 0.905 bits per heavy atom. The van der Waals surface area contributed by atoms with Crippen LogP contribution in [-0.2, 0) is 28.6 Å². The molecule has 63 heavy (non-hydrogen) atoms. The van der Waals surface area contributed by atoms with Crippen molar-refractivity contribution >= 4 is 17.9 Å². The Morgan fingerprint density at radius 2 is 0.571 bits per heavy atom. The lowest BCUT2D eigenvalue weighted by atomic mass is 10.1. The van der Waals surface area contributed by atoms with Gasteiger partial charge in [0.05, 0.1) is 0 Å². The third-order valence-electron chi connectivity index (χ3n) is 9.60. The Morgan fingerprint density at radius 1 is 0.317 bits per heavy atom. The van der Waals surface area contributed by atoms with Crippen LogP contribution in [0.4, 0.5) is 0 Å². The maximum absolute atomic E-state index is 12.8. The van der Waals surface area contributed by atoms with Crippen LogP contribution < -0.4 is 0 Å². The van der Waals surface area contributed by atoms with Crippen LogP contribution in [0.1, 0.15) is 175 Å². The highest BCUT2D eigenvalue weighted by Crippen LogP contribution is 2.13. The first-order valence-corrected chi connectivity index (χ1v) is 24.5. The maximum Gasteiger partial charge on any atom is 0.306 e. The topological polar surface area (TPSA) is 78.9 Å². The van der Waals surface area contributed by atoms with Gasteiger partial charge >= 0.3 is 17.9 Å². The average Bonchev–Trinajstić information content (AvgIpc) is 3.28. The molecular formula is C57H86O6. The van der Waals surface area contributed by atoms with Crippen molar-refractivity contribution in [2.24, 2.45) is 0 Å². The fourth-order valence-electron chi connectivity index (χ4n) is 6.00. The van der Waals surface area contributed by atoms with E-state index in [1.54, 1.807) is 0 Å².